The molecular formula is C26H31N7O2S. The van der Waals surface area contributed by atoms with Crippen molar-refractivity contribution >= 4 is 55.7 Å². The number of thiazole rings is 1. The highest BCUT2D eigenvalue weighted by molar-refractivity contribution is 7.16. The van der Waals surface area contributed by atoms with Gasteiger partial charge in [-0.3, -0.25) is 4.99 Å². The largest absolute Gasteiger partial charge is 0.489 e. The van der Waals surface area contributed by atoms with E-state index in [0.717, 1.165) is 32.4 Å². The van der Waals surface area contributed by atoms with E-state index in [0.29, 0.717) is 23.6 Å². The second kappa shape index (κ2) is 11.4. The first kappa shape index (κ1) is 25.5. The molecule has 4 N–H and O–H groups in total. The van der Waals surface area contributed by atoms with Crippen LogP contribution in [0.3, 0.4) is 0 Å². The summed E-state index contributed by atoms with van der Waals surface area (Å²) in [6.45, 7) is 2.65. The first-order valence-electron chi connectivity index (χ1n) is 11.6. The topological polar surface area (TPSA) is 122 Å². The Labute approximate surface area is 214 Å². The molecule has 2 aromatic heterocycles. The molecule has 0 radical (unpaired) electrons. The van der Waals surface area contributed by atoms with Gasteiger partial charge in [0.05, 0.1) is 33.2 Å². The van der Waals surface area contributed by atoms with Crippen molar-refractivity contribution < 1.29 is 9.84 Å². The van der Waals surface area contributed by atoms with Gasteiger partial charge in [-0.15, -0.1) is 11.3 Å². The fraction of sp³-hybridized carbons (Fsp3) is 0.308. The maximum Gasteiger partial charge on any atom is 0.145 e. The third-order valence-electron chi connectivity index (χ3n) is 5.89. The normalized spacial score (nSPS) is 14.1. The van der Waals surface area contributed by atoms with Crippen molar-refractivity contribution in [1.82, 2.24) is 19.9 Å². The molecule has 4 rings (SSSR count). The number of allylic oxidation sites excluding steroid dienone is 1. The van der Waals surface area contributed by atoms with Gasteiger partial charge >= 0.3 is 0 Å². The predicted octanol–water partition coefficient (Wildman–Crippen LogP) is 3.92. The lowest BCUT2D eigenvalue weighted by molar-refractivity contribution is 0.0818. The molecule has 0 aliphatic carbocycles. The third-order valence-corrected chi connectivity index (χ3v) is 6.68. The van der Waals surface area contributed by atoms with Crippen LogP contribution in [0.25, 0.3) is 26.7 Å². The molecule has 2 heterocycles. The molecule has 10 heteroatoms. The van der Waals surface area contributed by atoms with Gasteiger partial charge in [0.1, 0.15) is 24.0 Å². The Kier molecular flexibility index (Phi) is 8.09. The number of rotatable bonds is 10. The number of aliphatic hydroxyl groups excluding tert-OH is 1. The van der Waals surface area contributed by atoms with E-state index in [2.05, 4.69) is 25.3 Å². The Hall–Kier alpha value is -3.60. The Balaban J connectivity index is 1.81. The molecule has 0 aliphatic rings. The molecule has 0 saturated heterocycles. The average molecular weight is 506 g/mol. The van der Waals surface area contributed by atoms with Crippen molar-refractivity contribution in [1.29, 1.82) is 0 Å². The minimum Gasteiger partial charge on any atom is -0.489 e. The van der Waals surface area contributed by atoms with Crippen molar-refractivity contribution in [3.05, 3.63) is 53.9 Å². The highest BCUT2D eigenvalue weighted by Gasteiger charge is 2.22. The van der Waals surface area contributed by atoms with Crippen LogP contribution in [0.1, 0.15) is 12.5 Å². The molecular weight excluding hydrogens is 474 g/mol. The summed E-state index contributed by atoms with van der Waals surface area (Å²) in [5, 5.41) is 14.2. The summed E-state index contributed by atoms with van der Waals surface area (Å²) in [5.74, 6) is 1.13. The number of benzene rings is 2. The van der Waals surface area contributed by atoms with Gasteiger partial charge in [-0.05, 0) is 56.9 Å². The summed E-state index contributed by atoms with van der Waals surface area (Å²) in [5.41, 5.74) is 11.8. The van der Waals surface area contributed by atoms with E-state index in [1.165, 1.54) is 12.5 Å². The van der Waals surface area contributed by atoms with Crippen LogP contribution in [-0.2, 0) is 0 Å². The first-order chi connectivity index (χ1) is 17.4. The second-order valence-electron chi connectivity index (χ2n) is 8.79. The minimum absolute atomic E-state index is 0.00385. The van der Waals surface area contributed by atoms with Crippen LogP contribution in [0.2, 0.25) is 0 Å². The number of fused-ring (bicyclic) bond motifs is 2. The summed E-state index contributed by atoms with van der Waals surface area (Å²) >= 11 is 1.58. The summed E-state index contributed by atoms with van der Waals surface area (Å²) in [6, 6.07) is 9.86. The van der Waals surface area contributed by atoms with Crippen LogP contribution >= 0.6 is 11.3 Å². The lowest BCUT2D eigenvalue weighted by Gasteiger charge is -2.27. The zero-order chi connectivity index (χ0) is 25.7. The molecule has 0 saturated carbocycles. The van der Waals surface area contributed by atoms with Gasteiger partial charge in [0, 0.05) is 43.2 Å². The Morgan fingerprint density at radius 1 is 1.22 bits per heavy atom. The van der Waals surface area contributed by atoms with E-state index in [1.807, 2.05) is 61.8 Å². The van der Waals surface area contributed by atoms with E-state index in [4.69, 9.17) is 10.5 Å². The summed E-state index contributed by atoms with van der Waals surface area (Å²) in [7, 11) is 5.65. The molecule has 2 aromatic carbocycles. The number of aromatic nitrogens is 3. The second-order valence-corrected chi connectivity index (χ2v) is 9.67. The SMILES string of the molecule is CN=C/C(=C\N)c1cc(OC(C)C(CO)CN(C)C)c2c(Nc3ccc4ncsc4c3)ncnc2c1. The Morgan fingerprint density at radius 2 is 2.06 bits per heavy atom. The molecule has 0 amide bonds. The van der Waals surface area contributed by atoms with Crippen molar-refractivity contribution in [3.8, 4) is 5.75 Å². The average Bonchev–Trinajstić information content (AvgIpc) is 3.33. The highest BCUT2D eigenvalue weighted by Crippen LogP contribution is 2.36. The molecule has 9 nitrogen and oxygen atoms in total. The van der Waals surface area contributed by atoms with Crippen LogP contribution < -0.4 is 15.8 Å². The quantitative estimate of drug-likeness (QED) is 0.277. The molecule has 2 unspecified atom stereocenters. The standard InChI is InChI=1S/C26H31N7O2S/c1-16(19(13-34)12-33(3)4)35-23-8-17(18(10-27)11-28-2)7-22-25(23)26(30-14-29-22)32-20-5-6-21-24(9-20)36-15-31-21/h5-11,14-16,19,34H,12-13,27H2,1-4H3,(H,29,30,32)/b18-10+,28-11?. The summed E-state index contributed by atoms with van der Waals surface area (Å²) in [6.07, 6.45) is 4.45. The predicted molar refractivity (Wildman–Crippen MR) is 148 cm³/mol. The van der Waals surface area contributed by atoms with Crippen LogP contribution in [0, 0.1) is 5.92 Å². The van der Waals surface area contributed by atoms with Gasteiger partial charge in [0.2, 0.25) is 0 Å². The van der Waals surface area contributed by atoms with Gasteiger partial charge in [-0.1, -0.05) is 0 Å². The fourth-order valence-electron chi connectivity index (χ4n) is 4.05. The lowest BCUT2D eigenvalue weighted by Crippen LogP contribution is -2.35. The number of aliphatic hydroxyl groups is 1. The van der Waals surface area contributed by atoms with Gasteiger partial charge in [-0.2, -0.15) is 0 Å². The smallest absolute Gasteiger partial charge is 0.145 e. The molecule has 2 atom stereocenters. The Morgan fingerprint density at radius 3 is 2.78 bits per heavy atom. The van der Waals surface area contributed by atoms with E-state index in [9.17, 15) is 5.11 Å². The number of hydrogen-bond donors (Lipinski definition) is 3. The van der Waals surface area contributed by atoms with Gasteiger partial charge in [0.25, 0.3) is 0 Å². The van der Waals surface area contributed by atoms with E-state index >= 15 is 0 Å². The third kappa shape index (κ3) is 5.62. The summed E-state index contributed by atoms with van der Waals surface area (Å²) in [4.78, 5) is 19.6. The van der Waals surface area contributed by atoms with Crippen LogP contribution in [0.5, 0.6) is 5.75 Å². The number of anilines is 2. The zero-order valence-electron chi connectivity index (χ0n) is 20.8. The Bertz CT molecular complexity index is 1400. The first-order valence-corrected chi connectivity index (χ1v) is 12.5. The number of nitrogens with two attached hydrogens (primary N) is 1. The lowest BCUT2D eigenvalue weighted by atomic mass is 10.0. The molecule has 188 valence electrons. The van der Waals surface area contributed by atoms with Crippen LogP contribution in [0.15, 0.2) is 53.4 Å². The van der Waals surface area contributed by atoms with Crippen LogP contribution in [-0.4, -0.2) is 71.6 Å². The molecule has 0 fully saturated rings. The molecule has 0 bridgehead atoms. The number of aliphatic imine (C=N–C) groups is 1. The van der Waals surface area contributed by atoms with E-state index in [-0.39, 0.29) is 18.6 Å². The number of hydrogen-bond acceptors (Lipinski definition) is 10. The summed E-state index contributed by atoms with van der Waals surface area (Å²) < 4.78 is 7.58. The minimum atomic E-state index is -0.275. The highest BCUT2D eigenvalue weighted by atomic mass is 32.1. The molecule has 0 spiro atoms. The van der Waals surface area contributed by atoms with Gasteiger partial charge in [0.15, 0.2) is 0 Å². The van der Waals surface area contributed by atoms with Gasteiger partial charge < -0.3 is 25.8 Å². The van der Waals surface area contributed by atoms with Crippen molar-refractivity contribution in [2.75, 3.05) is 39.6 Å². The maximum atomic E-state index is 10.0. The molecule has 0 aliphatic heterocycles. The molecule has 36 heavy (non-hydrogen) atoms. The van der Waals surface area contributed by atoms with E-state index < -0.39 is 0 Å². The van der Waals surface area contributed by atoms with Crippen LogP contribution in [0.4, 0.5) is 11.5 Å². The van der Waals surface area contributed by atoms with Crippen molar-refractivity contribution in [2.45, 2.75) is 13.0 Å². The molecule has 4 aromatic rings. The number of ether oxygens (including phenoxy) is 1. The number of nitrogens with zero attached hydrogens (tertiary/aromatic N) is 5. The monoisotopic (exact) mass is 505 g/mol. The van der Waals surface area contributed by atoms with Gasteiger partial charge in [-0.25, -0.2) is 15.0 Å². The fourth-order valence-corrected chi connectivity index (χ4v) is 4.77. The number of nitrogens with one attached hydrogen (secondary N) is 1. The zero-order valence-corrected chi connectivity index (χ0v) is 21.7. The van der Waals surface area contributed by atoms with E-state index in [1.54, 1.807) is 24.6 Å². The van der Waals surface area contributed by atoms with Crippen molar-refractivity contribution in [2.24, 2.45) is 16.6 Å². The maximum absolute atomic E-state index is 10.0. The van der Waals surface area contributed by atoms with Crippen molar-refractivity contribution in [3.63, 3.8) is 0 Å².